The molecule has 3 unspecified atom stereocenters. The molecule has 1 heteroatoms. The first-order valence-corrected chi connectivity index (χ1v) is 4.38. The van der Waals surface area contributed by atoms with Gasteiger partial charge in [0, 0.05) is 0 Å². The molecule has 1 fully saturated rings. The summed E-state index contributed by atoms with van der Waals surface area (Å²) < 4.78 is 12.7. The Morgan fingerprint density at radius 2 is 2.10 bits per heavy atom. The highest BCUT2D eigenvalue weighted by Crippen LogP contribution is 2.33. The highest BCUT2D eigenvalue weighted by molar-refractivity contribution is 4.76. The van der Waals surface area contributed by atoms with Gasteiger partial charge in [-0.2, -0.15) is 0 Å². The van der Waals surface area contributed by atoms with Gasteiger partial charge in [-0.15, -0.1) is 0 Å². The van der Waals surface area contributed by atoms with Gasteiger partial charge >= 0.3 is 0 Å². The molecule has 0 nitrogen and oxygen atoms in total. The van der Waals surface area contributed by atoms with Crippen LogP contribution in [0.5, 0.6) is 0 Å². The van der Waals surface area contributed by atoms with E-state index in [-0.39, 0.29) is 0 Å². The third-order valence-electron chi connectivity index (χ3n) is 2.81. The number of alkyl halides is 1. The van der Waals surface area contributed by atoms with Crippen molar-refractivity contribution in [3.8, 4) is 0 Å². The molecule has 1 aliphatic carbocycles. The first kappa shape index (κ1) is 8.03. The predicted octanol–water partition coefficient (Wildman–Crippen LogP) is 3.17. The lowest BCUT2D eigenvalue weighted by molar-refractivity contribution is 0.148. The van der Waals surface area contributed by atoms with Crippen molar-refractivity contribution in [3.63, 3.8) is 0 Å². The van der Waals surface area contributed by atoms with Crippen LogP contribution in [0.25, 0.3) is 0 Å². The molecule has 0 aromatic heterocycles. The summed E-state index contributed by atoms with van der Waals surface area (Å²) in [6.07, 6.45) is 3.45. The van der Waals surface area contributed by atoms with Crippen LogP contribution in [0, 0.1) is 11.8 Å². The van der Waals surface area contributed by atoms with E-state index in [4.69, 9.17) is 0 Å². The second-order valence-corrected chi connectivity index (χ2v) is 3.56. The summed E-state index contributed by atoms with van der Waals surface area (Å²) in [6, 6.07) is 0. The van der Waals surface area contributed by atoms with E-state index in [2.05, 4.69) is 13.8 Å². The highest BCUT2D eigenvalue weighted by Gasteiger charge is 2.25. The van der Waals surface area contributed by atoms with Crippen LogP contribution in [0.4, 0.5) is 4.39 Å². The zero-order valence-corrected chi connectivity index (χ0v) is 6.94. The zero-order valence-electron chi connectivity index (χ0n) is 6.94. The molecule has 0 aliphatic heterocycles. The molecular formula is C9H17F. The summed E-state index contributed by atoms with van der Waals surface area (Å²) in [4.78, 5) is 0. The van der Waals surface area contributed by atoms with E-state index in [1.807, 2.05) is 0 Å². The Morgan fingerprint density at radius 3 is 2.60 bits per heavy atom. The van der Waals surface area contributed by atoms with Crippen molar-refractivity contribution in [1.29, 1.82) is 0 Å². The van der Waals surface area contributed by atoms with Gasteiger partial charge in [0.25, 0.3) is 0 Å². The van der Waals surface area contributed by atoms with E-state index >= 15 is 0 Å². The topological polar surface area (TPSA) is 0 Å². The molecule has 0 heterocycles. The first-order chi connectivity index (χ1) is 4.74. The van der Waals surface area contributed by atoms with Crippen LogP contribution >= 0.6 is 0 Å². The molecule has 0 aromatic rings. The minimum Gasteiger partial charge on any atom is -0.247 e. The summed E-state index contributed by atoms with van der Waals surface area (Å²) in [6.45, 7) is 4.39. The van der Waals surface area contributed by atoms with Gasteiger partial charge < -0.3 is 0 Å². The smallest absolute Gasteiger partial charge is 0.100 e. The molecule has 0 amide bonds. The van der Waals surface area contributed by atoms with Gasteiger partial charge in [-0.25, -0.2) is 4.39 Å². The maximum atomic E-state index is 12.7. The average Bonchev–Trinajstić information content (AvgIpc) is 1.88. The molecule has 0 saturated heterocycles. The molecule has 10 heavy (non-hydrogen) atoms. The molecular weight excluding hydrogens is 127 g/mol. The van der Waals surface area contributed by atoms with Gasteiger partial charge in [-0.05, 0) is 31.1 Å². The lowest BCUT2D eigenvalue weighted by atomic mass is 9.78. The second-order valence-electron chi connectivity index (χ2n) is 3.56. The maximum Gasteiger partial charge on any atom is 0.100 e. The monoisotopic (exact) mass is 144 g/mol. The van der Waals surface area contributed by atoms with Crippen LogP contribution in [0.15, 0.2) is 0 Å². The Bertz CT molecular complexity index is 101. The predicted molar refractivity (Wildman–Crippen MR) is 41.7 cm³/mol. The fourth-order valence-corrected chi connectivity index (χ4v) is 2.00. The van der Waals surface area contributed by atoms with Gasteiger partial charge in [-0.1, -0.05) is 20.3 Å². The summed E-state index contributed by atoms with van der Waals surface area (Å²) in [5.74, 6) is 1.42. The third-order valence-corrected chi connectivity index (χ3v) is 2.81. The Balaban J connectivity index is 2.36. The lowest BCUT2D eigenvalue weighted by Gasteiger charge is -2.29. The minimum absolute atomic E-state index is 0.502. The fraction of sp³-hybridized carbons (Fsp3) is 1.00. The third kappa shape index (κ3) is 1.71. The van der Waals surface area contributed by atoms with E-state index < -0.39 is 6.17 Å². The molecule has 0 aromatic carbocycles. The number of rotatable bonds is 1. The summed E-state index contributed by atoms with van der Waals surface area (Å²) >= 11 is 0. The SMILES string of the molecule is CCC1CCC(F)CC1C. The molecule has 0 radical (unpaired) electrons. The van der Waals surface area contributed by atoms with Gasteiger partial charge in [-0.3, -0.25) is 0 Å². The quantitative estimate of drug-likeness (QED) is 0.530. The van der Waals surface area contributed by atoms with Gasteiger partial charge in [0.15, 0.2) is 0 Å². The largest absolute Gasteiger partial charge is 0.247 e. The Kier molecular flexibility index (Phi) is 2.70. The molecule has 0 N–H and O–H groups in total. The van der Waals surface area contributed by atoms with Crippen molar-refractivity contribution >= 4 is 0 Å². The molecule has 3 atom stereocenters. The Morgan fingerprint density at radius 1 is 1.40 bits per heavy atom. The summed E-state index contributed by atoms with van der Waals surface area (Å²) in [7, 11) is 0. The van der Waals surface area contributed by atoms with Crippen LogP contribution in [-0.4, -0.2) is 6.17 Å². The standard InChI is InChI=1S/C9H17F/c1-3-8-4-5-9(10)6-7(8)2/h7-9H,3-6H2,1-2H3. The van der Waals surface area contributed by atoms with Crippen molar-refractivity contribution in [2.24, 2.45) is 11.8 Å². The van der Waals surface area contributed by atoms with Crippen molar-refractivity contribution in [2.45, 2.75) is 45.7 Å². The molecule has 1 aliphatic rings. The van der Waals surface area contributed by atoms with Gasteiger partial charge in [0.05, 0.1) is 0 Å². The van der Waals surface area contributed by atoms with Gasteiger partial charge in [0.1, 0.15) is 6.17 Å². The van der Waals surface area contributed by atoms with Crippen LogP contribution in [0.2, 0.25) is 0 Å². The Labute approximate surface area is 62.8 Å². The van der Waals surface area contributed by atoms with Gasteiger partial charge in [0.2, 0.25) is 0 Å². The number of hydrogen-bond donors (Lipinski definition) is 0. The van der Waals surface area contributed by atoms with Crippen molar-refractivity contribution < 1.29 is 4.39 Å². The normalized spacial score (nSPS) is 41.7. The van der Waals surface area contributed by atoms with Crippen LogP contribution in [-0.2, 0) is 0 Å². The van der Waals surface area contributed by atoms with Crippen LogP contribution in [0.3, 0.4) is 0 Å². The average molecular weight is 144 g/mol. The van der Waals surface area contributed by atoms with Crippen LogP contribution in [0.1, 0.15) is 39.5 Å². The molecule has 60 valence electrons. The summed E-state index contributed by atoms with van der Waals surface area (Å²) in [5.41, 5.74) is 0. The van der Waals surface area contributed by atoms with E-state index in [1.165, 1.54) is 6.42 Å². The fourth-order valence-electron chi connectivity index (χ4n) is 2.00. The number of halogens is 1. The van der Waals surface area contributed by atoms with Crippen molar-refractivity contribution in [2.75, 3.05) is 0 Å². The highest BCUT2D eigenvalue weighted by atomic mass is 19.1. The van der Waals surface area contributed by atoms with E-state index in [1.54, 1.807) is 0 Å². The number of hydrogen-bond acceptors (Lipinski definition) is 0. The summed E-state index contributed by atoms with van der Waals surface area (Å²) in [5, 5.41) is 0. The molecule has 0 bridgehead atoms. The molecule has 1 rings (SSSR count). The molecule has 0 spiro atoms. The molecule has 1 saturated carbocycles. The zero-order chi connectivity index (χ0) is 7.56. The van der Waals surface area contributed by atoms with Crippen molar-refractivity contribution in [1.82, 2.24) is 0 Å². The lowest BCUT2D eigenvalue weighted by Crippen LogP contribution is -2.22. The first-order valence-electron chi connectivity index (χ1n) is 4.38. The van der Waals surface area contributed by atoms with Crippen molar-refractivity contribution in [3.05, 3.63) is 0 Å². The minimum atomic E-state index is -0.502. The maximum absolute atomic E-state index is 12.7. The van der Waals surface area contributed by atoms with E-state index in [0.717, 1.165) is 25.2 Å². The second kappa shape index (κ2) is 3.36. The van der Waals surface area contributed by atoms with E-state index in [9.17, 15) is 4.39 Å². The Hall–Kier alpha value is -0.0700. The van der Waals surface area contributed by atoms with E-state index in [0.29, 0.717) is 5.92 Å². The van der Waals surface area contributed by atoms with Crippen LogP contribution < -0.4 is 0 Å².